The Morgan fingerprint density at radius 3 is 2.40 bits per heavy atom. The van der Waals surface area contributed by atoms with Gasteiger partial charge in [0.05, 0.1) is 18.8 Å². The average molecular weight is 278 g/mol. The van der Waals surface area contributed by atoms with Crippen molar-refractivity contribution in [3.8, 4) is 11.5 Å². The third kappa shape index (κ3) is 4.96. The molecule has 0 aromatic heterocycles. The molecule has 20 heavy (non-hydrogen) atoms. The molecule has 0 atom stereocenters. The third-order valence-corrected chi connectivity index (χ3v) is 2.49. The van der Waals surface area contributed by atoms with E-state index < -0.39 is 0 Å². The minimum Gasteiger partial charge on any atom is -0.490 e. The number of hydrogen-bond donors (Lipinski definition) is 0. The van der Waals surface area contributed by atoms with Gasteiger partial charge in [0.25, 0.3) is 0 Å². The molecule has 0 aliphatic rings. The van der Waals surface area contributed by atoms with Crippen LogP contribution in [0.5, 0.6) is 11.5 Å². The fraction of sp³-hybridized carbons (Fsp3) is 0.438. The molecule has 0 heterocycles. The predicted molar refractivity (Wildman–Crippen MR) is 78.5 cm³/mol. The van der Waals surface area contributed by atoms with Gasteiger partial charge in [-0.1, -0.05) is 19.1 Å². The summed E-state index contributed by atoms with van der Waals surface area (Å²) in [5.74, 6) is 0.833. The topological polar surface area (TPSA) is 44.8 Å². The van der Waals surface area contributed by atoms with Crippen molar-refractivity contribution in [1.82, 2.24) is 0 Å². The zero-order chi connectivity index (χ0) is 14.8. The summed E-state index contributed by atoms with van der Waals surface area (Å²) < 4.78 is 16.1. The lowest BCUT2D eigenvalue weighted by Gasteiger charge is -2.11. The lowest BCUT2D eigenvalue weighted by Crippen LogP contribution is -2.06. The third-order valence-electron chi connectivity index (χ3n) is 2.49. The molecule has 0 saturated heterocycles. The van der Waals surface area contributed by atoms with Crippen molar-refractivity contribution >= 4 is 5.97 Å². The van der Waals surface area contributed by atoms with Gasteiger partial charge in [0.1, 0.15) is 6.61 Å². The van der Waals surface area contributed by atoms with E-state index in [9.17, 15) is 4.79 Å². The van der Waals surface area contributed by atoms with Gasteiger partial charge in [-0.05, 0) is 38.5 Å². The molecule has 0 bridgehead atoms. The minimum atomic E-state index is -0.366. The normalized spacial score (nSPS) is 10.6. The van der Waals surface area contributed by atoms with Crippen LogP contribution in [0.2, 0.25) is 0 Å². The molecule has 4 nitrogen and oxygen atoms in total. The van der Waals surface area contributed by atoms with E-state index in [0.29, 0.717) is 30.3 Å². The summed E-state index contributed by atoms with van der Waals surface area (Å²) in [7, 11) is 0. The van der Waals surface area contributed by atoms with Gasteiger partial charge in [0.2, 0.25) is 0 Å². The standard InChI is InChI=1S/C16H22O4/c1-4-7-8-11-20-16(17)13-9-10-14(18-5-2)15(12-13)19-6-3/h7-10,12H,4-6,11H2,1-3H3/b8-7+. The average Bonchev–Trinajstić information content (AvgIpc) is 2.45. The number of carbonyl (C=O) groups excluding carboxylic acids is 1. The SMILES string of the molecule is CC/C=C/COC(=O)c1ccc(OCC)c(OCC)c1. The smallest absolute Gasteiger partial charge is 0.338 e. The maximum Gasteiger partial charge on any atom is 0.338 e. The molecule has 0 aliphatic heterocycles. The first-order valence-electron chi connectivity index (χ1n) is 6.94. The molecule has 0 saturated carbocycles. The second-order valence-electron chi connectivity index (χ2n) is 4.01. The van der Waals surface area contributed by atoms with E-state index in [-0.39, 0.29) is 12.6 Å². The van der Waals surface area contributed by atoms with Gasteiger partial charge in [-0.3, -0.25) is 0 Å². The second kappa shape index (κ2) is 9.02. The highest BCUT2D eigenvalue weighted by atomic mass is 16.5. The Bertz CT molecular complexity index is 452. The zero-order valence-electron chi connectivity index (χ0n) is 12.3. The van der Waals surface area contributed by atoms with Gasteiger partial charge in [-0.25, -0.2) is 4.79 Å². The van der Waals surface area contributed by atoms with Crippen molar-refractivity contribution in [3.05, 3.63) is 35.9 Å². The summed E-state index contributed by atoms with van der Waals surface area (Å²) in [6.07, 6.45) is 4.71. The molecule has 1 aromatic rings. The summed E-state index contributed by atoms with van der Waals surface area (Å²) in [4.78, 5) is 11.9. The van der Waals surface area contributed by atoms with Crippen LogP contribution in [0.1, 0.15) is 37.6 Å². The Morgan fingerprint density at radius 1 is 1.05 bits per heavy atom. The van der Waals surface area contributed by atoms with Gasteiger partial charge < -0.3 is 14.2 Å². The fourth-order valence-electron chi connectivity index (χ4n) is 1.62. The van der Waals surface area contributed by atoms with Crippen LogP contribution in [0.4, 0.5) is 0 Å². The van der Waals surface area contributed by atoms with Crippen molar-refractivity contribution in [2.75, 3.05) is 19.8 Å². The highest BCUT2D eigenvalue weighted by molar-refractivity contribution is 5.90. The molecule has 0 amide bonds. The first kappa shape index (κ1) is 16.1. The Balaban J connectivity index is 2.76. The number of carbonyl (C=O) groups is 1. The first-order chi connectivity index (χ1) is 9.72. The van der Waals surface area contributed by atoms with Crippen molar-refractivity contribution < 1.29 is 19.0 Å². The Kier molecular flexibility index (Phi) is 7.25. The van der Waals surface area contributed by atoms with Crippen LogP contribution in [0.3, 0.4) is 0 Å². The summed E-state index contributed by atoms with van der Waals surface area (Å²) in [6.45, 7) is 7.15. The van der Waals surface area contributed by atoms with E-state index in [4.69, 9.17) is 14.2 Å². The largest absolute Gasteiger partial charge is 0.490 e. The Labute approximate surface area is 120 Å². The highest BCUT2D eigenvalue weighted by Gasteiger charge is 2.12. The molecular formula is C16H22O4. The number of allylic oxidation sites excluding steroid dienone is 1. The molecule has 0 unspecified atom stereocenters. The van der Waals surface area contributed by atoms with Gasteiger partial charge in [-0.2, -0.15) is 0 Å². The summed E-state index contributed by atoms with van der Waals surface area (Å²) in [5, 5.41) is 0. The van der Waals surface area contributed by atoms with Crippen LogP contribution in [0, 0.1) is 0 Å². The monoisotopic (exact) mass is 278 g/mol. The zero-order valence-corrected chi connectivity index (χ0v) is 12.3. The van der Waals surface area contributed by atoms with Crippen molar-refractivity contribution in [3.63, 3.8) is 0 Å². The van der Waals surface area contributed by atoms with Crippen molar-refractivity contribution in [2.24, 2.45) is 0 Å². The molecule has 1 rings (SSSR count). The van der Waals surface area contributed by atoms with Crippen LogP contribution in [0.15, 0.2) is 30.4 Å². The molecule has 4 heteroatoms. The lowest BCUT2D eigenvalue weighted by atomic mass is 10.2. The fourth-order valence-corrected chi connectivity index (χ4v) is 1.62. The van der Waals surface area contributed by atoms with Gasteiger partial charge in [0.15, 0.2) is 11.5 Å². The maximum absolute atomic E-state index is 11.9. The molecule has 0 radical (unpaired) electrons. The quantitative estimate of drug-likeness (QED) is 0.538. The molecule has 0 N–H and O–H groups in total. The van der Waals surface area contributed by atoms with Gasteiger partial charge >= 0.3 is 5.97 Å². The van der Waals surface area contributed by atoms with Gasteiger partial charge in [0, 0.05) is 0 Å². The Morgan fingerprint density at radius 2 is 1.75 bits per heavy atom. The van der Waals surface area contributed by atoms with Crippen LogP contribution in [0.25, 0.3) is 0 Å². The molecular weight excluding hydrogens is 256 g/mol. The highest BCUT2D eigenvalue weighted by Crippen LogP contribution is 2.28. The van der Waals surface area contributed by atoms with E-state index in [1.165, 1.54) is 0 Å². The summed E-state index contributed by atoms with van der Waals surface area (Å²) in [5.41, 5.74) is 0.460. The van der Waals surface area contributed by atoms with Crippen molar-refractivity contribution in [1.29, 1.82) is 0 Å². The molecule has 1 aromatic carbocycles. The molecule has 110 valence electrons. The van der Waals surface area contributed by atoms with Crippen LogP contribution < -0.4 is 9.47 Å². The predicted octanol–water partition coefficient (Wildman–Crippen LogP) is 3.61. The second-order valence-corrected chi connectivity index (χ2v) is 4.01. The van der Waals surface area contributed by atoms with Crippen molar-refractivity contribution in [2.45, 2.75) is 27.2 Å². The first-order valence-corrected chi connectivity index (χ1v) is 6.94. The molecule has 0 fully saturated rings. The summed E-state index contributed by atoms with van der Waals surface area (Å²) >= 11 is 0. The summed E-state index contributed by atoms with van der Waals surface area (Å²) in [6, 6.07) is 5.06. The van der Waals surface area contributed by atoms with E-state index in [1.807, 2.05) is 32.9 Å². The minimum absolute atomic E-state index is 0.282. The van der Waals surface area contributed by atoms with E-state index in [0.717, 1.165) is 6.42 Å². The van der Waals surface area contributed by atoms with Crippen LogP contribution in [-0.4, -0.2) is 25.8 Å². The number of esters is 1. The lowest BCUT2D eigenvalue weighted by molar-refractivity contribution is 0.0548. The number of benzene rings is 1. The van der Waals surface area contributed by atoms with Crippen LogP contribution in [-0.2, 0) is 4.74 Å². The van der Waals surface area contributed by atoms with E-state index in [2.05, 4.69) is 0 Å². The number of rotatable bonds is 8. The molecule has 0 spiro atoms. The van der Waals surface area contributed by atoms with Gasteiger partial charge in [-0.15, -0.1) is 0 Å². The van der Waals surface area contributed by atoms with E-state index >= 15 is 0 Å². The number of ether oxygens (including phenoxy) is 3. The number of hydrogen-bond acceptors (Lipinski definition) is 4. The molecule has 0 aliphatic carbocycles. The maximum atomic E-state index is 11.9. The van der Waals surface area contributed by atoms with E-state index in [1.54, 1.807) is 18.2 Å². The Hall–Kier alpha value is -1.97. The van der Waals surface area contributed by atoms with Crippen LogP contribution >= 0.6 is 0 Å².